The highest BCUT2D eigenvalue weighted by atomic mass is 16.4. The van der Waals surface area contributed by atoms with E-state index < -0.39 is 5.97 Å². The molecule has 5 heteroatoms. The van der Waals surface area contributed by atoms with Crippen LogP contribution >= 0.6 is 0 Å². The highest BCUT2D eigenvalue weighted by Crippen LogP contribution is 2.00. The van der Waals surface area contributed by atoms with Crippen LogP contribution in [-0.2, 0) is 4.79 Å². The van der Waals surface area contributed by atoms with E-state index in [0.29, 0.717) is 6.54 Å². The molecule has 2 N–H and O–H groups in total. The fourth-order valence-electron chi connectivity index (χ4n) is 1.06. The molecule has 0 aromatic heterocycles. The van der Waals surface area contributed by atoms with Gasteiger partial charge in [0.05, 0.1) is 6.42 Å². The van der Waals surface area contributed by atoms with Crippen LogP contribution in [0.2, 0.25) is 0 Å². The number of amides is 2. The lowest BCUT2D eigenvalue weighted by Gasteiger charge is -2.26. The molecular formula is C9H18N2O3. The Kier molecular flexibility index (Phi) is 5.67. The van der Waals surface area contributed by atoms with Crippen LogP contribution in [0.1, 0.15) is 27.2 Å². The number of nitrogens with one attached hydrogen (secondary N) is 1. The average molecular weight is 202 g/mol. The van der Waals surface area contributed by atoms with E-state index in [-0.39, 0.29) is 25.0 Å². The maximum Gasteiger partial charge on any atom is 0.317 e. The molecule has 0 heterocycles. The zero-order valence-electron chi connectivity index (χ0n) is 8.91. The van der Waals surface area contributed by atoms with E-state index in [2.05, 4.69) is 5.32 Å². The van der Waals surface area contributed by atoms with E-state index in [0.717, 1.165) is 0 Å². The van der Waals surface area contributed by atoms with Gasteiger partial charge in [0, 0.05) is 19.1 Å². The Hall–Kier alpha value is -1.26. The molecule has 0 radical (unpaired) electrons. The highest BCUT2D eigenvalue weighted by Gasteiger charge is 2.16. The van der Waals surface area contributed by atoms with Gasteiger partial charge in [0.1, 0.15) is 0 Å². The Morgan fingerprint density at radius 3 is 2.36 bits per heavy atom. The Bertz CT molecular complexity index is 204. The second-order valence-electron chi connectivity index (χ2n) is 3.27. The quantitative estimate of drug-likeness (QED) is 0.696. The third kappa shape index (κ3) is 4.69. The highest BCUT2D eigenvalue weighted by molar-refractivity contribution is 5.75. The summed E-state index contributed by atoms with van der Waals surface area (Å²) >= 11 is 0. The summed E-state index contributed by atoms with van der Waals surface area (Å²) in [5, 5.41) is 11.1. The van der Waals surface area contributed by atoms with Crippen LogP contribution in [0.15, 0.2) is 0 Å². The normalized spacial score (nSPS) is 10.0. The zero-order chi connectivity index (χ0) is 11.1. The van der Waals surface area contributed by atoms with Crippen molar-refractivity contribution >= 4 is 12.0 Å². The number of nitrogens with zero attached hydrogens (tertiary/aromatic N) is 1. The standard InChI is InChI=1S/C9H18N2O3/c1-4-10-9(14)11(7(2)3)6-5-8(12)13/h7H,4-6H2,1-3H3,(H,10,14)(H,12,13). The van der Waals surface area contributed by atoms with Gasteiger partial charge >= 0.3 is 12.0 Å². The van der Waals surface area contributed by atoms with Gasteiger partial charge in [-0.1, -0.05) is 0 Å². The summed E-state index contributed by atoms with van der Waals surface area (Å²) in [6.45, 7) is 6.34. The summed E-state index contributed by atoms with van der Waals surface area (Å²) in [6.07, 6.45) is -0.0185. The molecule has 0 aliphatic carbocycles. The number of aliphatic carboxylic acids is 1. The van der Waals surface area contributed by atoms with Crippen LogP contribution in [0.4, 0.5) is 4.79 Å². The SMILES string of the molecule is CCNC(=O)N(CCC(=O)O)C(C)C. The van der Waals surface area contributed by atoms with Crippen LogP contribution < -0.4 is 5.32 Å². The van der Waals surface area contributed by atoms with Gasteiger partial charge in [-0.05, 0) is 20.8 Å². The van der Waals surface area contributed by atoms with Gasteiger partial charge in [-0.2, -0.15) is 0 Å². The summed E-state index contributed by atoms with van der Waals surface area (Å²) < 4.78 is 0. The topological polar surface area (TPSA) is 69.6 Å². The first kappa shape index (κ1) is 12.7. The lowest BCUT2D eigenvalue weighted by Crippen LogP contribution is -2.44. The number of urea groups is 1. The second kappa shape index (κ2) is 6.23. The van der Waals surface area contributed by atoms with Crippen molar-refractivity contribution in [1.82, 2.24) is 10.2 Å². The van der Waals surface area contributed by atoms with Gasteiger partial charge in [0.15, 0.2) is 0 Å². The lowest BCUT2D eigenvalue weighted by atomic mass is 10.3. The Balaban J connectivity index is 4.14. The van der Waals surface area contributed by atoms with Crippen molar-refractivity contribution < 1.29 is 14.7 Å². The number of carbonyl (C=O) groups excluding carboxylic acids is 1. The molecule has 0 aromatic rings. The number of hydrogen-bond donors (Lipinski definition) is 2. The van der Waals surface area contributed by atoms with Crippen LogP contribution in [0, 0.1) is 0 Å². The molecule has 14 heavy (non-hydrogen) atoms. The molecule has 0 unspecified atom stereocenters. The van der Waals surface area contributed by atoms with Crippen molar-refractivity contribution in [1.29, 1.82) is 0 Å². The van der Waals surface area contributed by atoms with Crippen molar-refractivity contribution in [2.45, 2.75) is 33.2 Å². The predicted molar refractivity (Wildman–Crippen MR) is 53.2 cm³/mol. The maximum atomic E-state index is 11.4. The van der Waals surface area contributed by atoms with E-state index in [1.807, 2.05) is 20.8 Å². The van der Waals surface area contributed by atoms with E-state index in [1.165, 1.54) is 4.90 Å². The summed E-state index contributed by atoms with van der Waals surface area (Å²) in [7, 11) is 0. The van der Waals surface area contributed by atoms with Gasteiger partial charge in [0.2, 0.25) is 0 Å². The zero-order valence-corrected chi connectivity index (χ0v) is 8.91. The third-order valence-electron chi connectivity index (χ3n) is 1.78. The lowest BCUT2D eigenvalue weighted by molar-refractivity contribution is -0.137. The van der Waals surface area contributed by atoms with Crippen molar-refractivity contribution in [2.24, 2.45) is 0 Å². The van der Waals surface area contributed by atoms with Crippen molar-refractivity contribution in [2.75, 3.05) is 13.1 Å². The Labute approximate surface area is 84.1 Å². The van der Waals surface area contributed by atoms with E-state index in [9.17, 15) is 9.59 Å². The number of carboxylic acids is 1. The Morgan fingerprint density at radius 1 is 1.43 bits per heavy atom. The van der Waals surface area contributed by atoms with Gasteiger partial charge < -0.3 is 15.3 Å². The summed E-state index contributed by atoms with van der Waals surface area (Å²) in [5.41, 5.74) is 0. The van der Waals surface area contributed by atoms with E-state index in [4.69, 9.17) is 5.11 Å². The monoisotopic (exact) mass is 202 g/mol. The average Bonchev–Trinajstić information content (AvgIpc) is 2.03. The first-order valence-electron chi connectivity index (χ1n) is 4.75. The number of carboxylic acid groups (broad SMARTS) is 1. The fraction of sp³-hybridized carbons (Fsp3) is 0.778. The molecule has 0 atom stereocenters. The summed E-state index contributed by atoms with van der Waals surface area (Å²) in [6, 6.07) is -0.190. The van der Waals surface area contributed by atoms with Gasteiger partial charge in [-0.15, -0.1) is 0 Å². The van der Waals surface area contributed by atoms with Crippen LogP contribution in [0.3, 0.4) is 0 Å². The number of hydrogen-bond acceptors (Lipinski definition) is 2. The first-order chi connectivity index (χ1) is 6.49. The van der Waals surface area contributed by atoms with Gasteiger partial charge in [0.25, 0.3) is 0 Å². The second-order valence-corrected chi connectivity index (χ2v) is 3.27. The minimum absolute atomic E-state index is 0.0147. The molecule has 0 fully saturated rings. The van der Waals surface area contributed by atoms with Gasteiger partial charge in [-0.25, -0.2) is 4.79 Å². The van der Waals surface area contributed by atoms with Crippen LogP contribution in [0.25, 0.3) is 0 Å². The molecule has 82 valence electrons. The minimum Gasteiger partial charge on any atom is -0.481 e. The van der Waals surface area contributed by atoms with Crippen LogP contribution in [0.5, 0.6) is 0 Å². The maximum absolute atomic E-state index is 11.4. The molecular weight excluding hydrogens is 184 g/mol. The molecule has 0 saturated heterocycles. The molecule has 0 aromatic carbocycles. The smallest absolute Gasteiger partial charge is 0.317 e. The Morgan fingerprint density at radius 2 is 2.00 bits per heavy atom. The predicted octanol–water partition coefficient (Wildman–Crippen LogP) is 0.901. The number of carbonyl (C=O) groups is 2. The van der Waals surface area contributed by atoms with Crippen molar-refractivity contribution in [3.63, 3.8) is 0 Å². The summed E-state index contributed by atoms with van der Waals surface area (Å²) in [5.74, 6) is -0.889. The van der Waals surface area contributed by atoms with Crippen LogP contribution in [-0.4, -0.2) is 41.1 Å². The first-order valence-corrected chi connectivity index (χ1v) is 4.75. The molecule has 0 spiro atoms. The summed E-state index contributed by atoms with van der Waals surface area (Å²) in [4.78, 5) is 23.3. The van der Waals surface area contributed by atoms with Crippen molar-refractivity contribution in [3.05, 3.63) is 0 Å². The van der Waals surface area contributed by atoms with Gasteiger partial charge in [-0.3, -0.25) is 4.79 Å². The molecule has 0 aliphatic heterocycles. The fourth-order valence-corrected chi connectivity index (χ4v) is 1.06. The molecule has 0 bridgehead atoms. The molecule has 2 amide bonds. The molecule has 0 aliphatic rings. The third-order valence-corrected chi connectivity index (χ3v) is 1.78. The minimum atomic E-state index is -0.889. The largest absolute Gasteiger partial charge is 0.481 e. The van der Waals surface area contributed by atoms with E-state index >= 15 is 0 Å². The number of rotatable bonds is 5. The van der Waals surface area contributed by atoms with Crippen molar-refractivity contribution in [3.8, 4) is 0 Å². The van der Waals surface area contributed by atoms with E-state index in [1.54, 1.807) is 0 Å². The molecule has 0 rings (SSSR count). The molecule has 5 nitrogen and oxygen atoms in total. The molecule has 0 saturated carbocycles.